The van der Waals surface area contributed by atoms with E-state index < -0.39 is 0 Å². The molecule has 1 fully saturated rings. The maximum absolute atomic E-state index is 2.44. The van der Waals surface area contributed by atoms with E-state index in [0.717, 1.165) is 5.92 Å². The van der Waals surface area contributed by atoms with E-state index in [1.54, 1.807) is 0 Å². The summed E-state index contributed by atoms with van der Waals surface area (Å²) < 4.78 is 2.28. The standard InChI is InChI=1S/C20H24BN2/c1-22-12-11-17(16-7-3-4-8-16)13-20(22)21-14-18-9-5-6-10-19(18)15-23(21)2/h5-6,9-16H,3-4,7-8H2,1-2H3/q+1. The van der Waals surface area contributed by atoms with Crippen LogP contribution in [0.1, 0.15) is 37.2 Å². The second kappa shape index (κ2) is 5.88. The number of benzene rings is 1. The molecule has 0 unspecified atom stereocenters. The van der Waals surface area contributed by atoms with Crippen molar-refractivity contribution in [3.05, 3.63) is 58.6 Å². The molecule has 3 heteroatoms. The zero-order valence-corrected chi connectivity index (χ0v) is 14.1. The molecule has 1 aromatic heterocycles. The number of fused-ring (bicyclic) bond motifs is 1. The molecule has 0 N–H and O–H groups in total. The normalized spacial score (nSPS) is 17.7. The molecule has 2 aliphatic rings. The van der Waals surface area contributed by atoms with Crippen molar-refractivity contribution >= 4 is 24.6 Å². The lowest BCUT2D eigenvalue weighted by molar-refractivity contribution is -0.654. The maximum atomic E-state index is 2.44. The number of aryl methyl sites for hydroxylation is 1. The Morgan fingerprint density at radius 3 is 2.61 bits per heavy atom. The summed E-state index contributed by atoms with van der Waals surface area (Å²) in [6.07, 6.45) is 9.99. The van der Waals surface area contributed by atoms with Gasteiger partial charge in [-0.25, -0.2) is 4.57 Å². The van der Waals surface area contributed by atoms with Gasteiger partial charge in [0.05, 0.1) is 0 Å². The average molecular weight is 303 g/mol. The fourth-order valence-electron chi connectivity index (χ4n) is 4.07. The van der Waals surface area contributed by atoms with E-state index >= 15 is 0 Å². The summed E-state index contributed by atoms with van der Waals surface area (Å²) in [7, 11) is 4.34. The van der Waals surface area contributed by atoms with E-state index in [1.807, 2.05) is 0 Å². The summed E-state index contributed by atoms with van der Waals surface area (Å²) in [6.45, 7) is 0.302. The SMILES string of the molecule is CN1C=c2ccccc2=CB1c1cc(C2CCCC2)cc[n+]1C. The molecule has 116 valence electrons. The third kappa shape index (κ3) is 2.69. The van der Waals surface area contributed by atoms with Gasteiger partial charge >= 0.3 is 6.85 Å². The number of aromatic nitrogens is 1. The van der Waals surface area contributed by atoms with Crippen LogP contribution in [0.15, 0.2) is 42.6 Å². The number of hydrogen-bond acceptors (Lipinski definition) is 1. The molecule has 1 aromatic carbocycles. The molecule has 2 aromatic rings. The van der Waals surface area contributed by atoms with Crippen molar-refractivity contribution < 1.29 is 4.57 Å². The summed E-state index contributed by atoms with van der Waals surface area (Å²) in [5.74, 6) is 3.16. The Bertz CT molecular complexity index is 837. The first-order valence-corrected chi connectivity index (χ1v) is 8.72. The fourth-order valence-corrected chi connectivity index (χ4v) is 4.07. The molecular formula is C20H24BN2+. The highest BCUT2D eigenvalue weighted by Crippen LogP contribution is 2.33. The van der Waals surface area contributed by atoms with Crippen LogP contribution in [0.25, 0.3) is 12.2 Å². The van der Waals surface area contributed by atoms with Crippen LogP contribution in [0.3, 0.4) is 0 Å². The average Bonchev–Trinajstić information content (AvgIpc) is 3.09. The summed E-state index contributed by atoms with van der Waals surface area (Å²) in [5.41, 5.74) is 2.90. The van der Waals surface area contributed by atoms with Gasteiger partial charge in [0, 0.05) is 12.1 Å². The molecular weight excluding hydrogens is 279 g/mol. The first-order valence-electron chi connectivity index (χ1n) is 8.72. The second-order valence-electron chi connectivity index (χ2n) is 7.01. The van der Waals surface area contributed by atoms with Crippen LogP contribution in [-0.2, 0) is 7.05 Å². The van der Waals surface area contributed by atoms with Crippen molar-refractivity contribution in [1.82, 2.24) is 4.81 Å². The van der Waals surface area contributed by atoms with Crippen LogP contribution < -0.4 is 20.6 Å². The molecule has 1 aliphatic heterocycles. The van der Waals surface area contributed by atoms with Crippen LogP contribution in [0.4, 0.5) is 0 Å². The minimum atomic E-state index is 0.302. The minimum absolute atomic E-state index is 0.302. The van der Waals surface area contributed by atoms with Crippen molar-refractivity contribution in [2.75, 3.05) is 7.05 Å². The number of rotatable bonds is 2. The molecule has 0 saturated heterocycles. The van der Waals surface area contributed by atoms with Gasteiger partial charge in [-0.05, 0) is 48.0 Å². The Morgan fingerprint density at radius 2 is 1.83 bits per heavy atom. The minimum Gasteiger partial charge on any atom is -0.411 e. The Kier molecular flexibility index (Phi) is 3.72. The van der Waals surface area contributed by atoms with Gasteiger partial charge in [0.15, 0.2) is 11.8 Å². The molecule has 0 atom stereocenters. The van der Waals surface area contributed by atoms with E-state index in [1.165, 1.54) is 47.3 Å². The largest absolute Gasteiger partial charge is 0.411 e. The predicted molar refractivity (Wildman–Crippen MR) is 96.6 cm³/mol. The van der Waals surface area contributed by atoms with Gasteiger partial charge in [0.1, 0.15) is 7.05 Å². The van der Waals surface area contributed by atoms with E-state index in [-0.39, 0.29) is 0 Å². The molecule has 2 nitrogen and oxygen atoms in total. The molecule has 23 heavy (non-hydrogen) atoms. The Morgan fingerprint density at radius 1 is 1.09 bits per heavy atom. The molecule has 2 heterocycles. The van der Waals surface area contributed by atoms with Crippen molar-refractivity contribution in [1.29, 1.82) is 0 Å². The Hall–Kier alpha value is -2.03. The molecule has 0 radical (unpaired) electrons. The first kappa shape index (κ1) is 14.6. The van der Waals surface area contributed by atoms with Crippen LogP contribution in [0.2, 0.25) is 0 Å². The number of hydrogen-bond donors (Lipinski definition) is 0. The topological polar surface area (TPSA) is 7.12 Å². The highest BCUT2D eigenvalue weighted by Gasteiger charge is 2.30. The van der Waals surface area contributed by atoms with Crippen LogP contribution >= 0.6 is 0 Å². The first-order chi connectivity index (χ1) is 11.2. The fraction of sp³-hybridized carbons (Fsp3) is 0.350. The lowest BCUT2D eigenvalue weighted by Gasteiger charge is -2.22. The van der Waals surface area contributed by atoms with Gasteiger partial charge in [0.25, 0.3) is 0 Å². The zero-order chi connectivity index (χ0) is 15.8. The van der Waals surface area contributed by atoms with Gasteiger partial charge < -0.3 is 4.81 Å². The molecule has 0 bridgehead atoms. The highest BCUT2D eigenvalue weighted by molar-refractivity contribution is 6.82. The van der Waals surface area contributed by atoms with Gasteiger partial charge in [-0.15, -0.1) is 0 Å². The van der Waals surface area contributed by atoms with Gasteiger partial charge in [0.2, 0.25) is 0 Å². The smallest absolute Gasteiger partial charge is 0.396 e. The van der Waals surface area contributed by atoms with E-state index in [0.29, 0.717) is 6.85 Å². The van der Waals surface area contributed by atoms with Crippen LogP contribution in [0, 0.1) is 0 Å². The maximum Gasteiger partial charge on any atom is 0.396 e. The molecule has 0 spiro atoms. The predicted octanol–water partition coefficient (Wildman–Crippen LogP) is 1.07. The number of pyridine rings is 1. The summed E-state index contributed by atoms with van der Waals surface area (Å²) in [4.78, 5) is 2.33. The Balaban J connectivity index is 1.78. The summed E-state index contributed by atoms with van der Waals surface area (Å²) in [5, 5.41) is 2.64. The third-order valence-electron chi connectivity index (χ3n) is 5.46. The van der Waals surface area contributed by atoms with Gasteiger partial charge in [-0.1, -0.05) is 43.1 Å². The van der Waals surface area contributed by atoms with Gasteiger partial charge in [-0.2, -0.15) is 0 Å². The van der Waals surface area contributed by atoms with E-state index in [4.69, 9.17) is 0 Å². The molecule has 0 amide bonds. The van der Waals surface area contributed by atoms with Crippen molar-refractivity contribution in [3.63, 3.8) is 0 Å². The monoisotopic (exact) mass is 303 g/mol. The quantitative estimate of drug-likeness (QED) is 0.595. The van der Waals surface area contributed by atoms with Crippen LogP contribution in [-0.4, -0.2) is 18.7 Å². The molecule has 1 saturated carbocycles. The van der Waals surface area contributed by atoms with E-state index in [9.17, 15) is 0 Å². The van der Waals surface area contributed by atoms with E-state index in [2.05, 4.69) is 78.2 Å². The van der Waals surface area contributed by atoms with Crippen molar-refractivity contribution in [3.8, 4) is 0 Å². The summed E-state index contributed by atoms with van der Waals surface area (Å²) >= 11 is 0. The Labute approximate surface area is 138 Å². The second-order valence-corrected chi connectivity index (χ2v) is 7.01. The third-order valence-corrected chi connectivity index (χ3v) is 5.46. The summed E-state index contributed by atoms with van der Waals surface area (Å²) in [6, 6.07) is 13.4. The molecule has 4 rings (SSSR count). The zero-order valence-electron chi connectivity index (χ0n) is 14.1. The number of nitrogens with zero attached hydrogens (tertiary/aromatic N) is 2. The van der Waals surface area contributed by atoms with Gasteiger partial charge in [-0.3, -0.25) is 0 Å². The lowest BCUT2D eigenvalue weighted by Crippen LogP contribution is -2.61. The molecule has 1 aliphatic carbocycles. The van der Waals surface area contributed by atoms with Crippen molar-refractivity contribution in [2.45, 2.75) is 31.6 Å². The lowest BCUT2D eigenvalue weighted by atomic mass is 9.55. The highest BCUT2D eigenvalue weighted by atomic mass is 15.0. The van der Waals surface area contributed by atoms with Crippen LogP contribution in [0.5, 0.6) is 0 Å². The van der Waals surface area contributed by atoms with Crippen molar-refractivity contribution in [2.24, 2.45) is 7.05 Å².